The summed E-state index contributed by atoms with van der Waals surface area (Å²) in [5.74, 6) is 0.0728. The van der Waals surface area contributed by atoms with Crippen LogP contribution in [0.5, 0.6) is 0 Å². The highest BCUT2D eigenvalue weighted by molar-refractivity contribution is 5.93. The smallest absolute Gasteiger partial charge is 0.232 e. The number of nitrogens with one attached hydrogen (secondary N) is 1. The van der Waals surface area contributed by atoms with E-state index in [2.05, 4.69) is 25.3 Å². The lowest BCUT2D eigenvalue weighted by Gasteiger charge is -2.16. The van der Waals surface area contributed by atoms with E-state index in [1.807, 2.05) is 20.8 Å². The van der Waals surface area contributed by atoms with Gasteiger partial charge in [0.05, 0.1) is 5.69 Å². The van der Waals surface area contributed by atoms with Crippen LogP contribution >= 0.6 is 0 Å². The topological polar surface area (TPSA) is 103 Å². The van der Waals surface area contributed by atoms with Crippen LogP contribution in [-0.2, 0) is 5.67 Å². The number of halogens is 1. The van der Waals surface area contributed by atoms with Crippen molar-refractivity contribution in [3.8, 4) is 0 Å². The number of fused-ring (bicyclic) bond motifs is 1. The highest BCUT2D eigenvalue weighted by Gasteiger charge is 2.25. The molecule has 0 atom stereocenters. The number of hydrogen-bond acceptors (Lipinski definition) is 7. The zero-order chi connectivity index (χ0) is 17.6. The van der Waals surface area contributed by atoms with E-state index in [4.69, 9.17) is 10.2 Å². The Morgan fingerprint density at radius 3 is 2.46 bits per heavy atom. The van der Waals surface area contributed by atoms with Crippen LogP contribution in [0.3, 0.4) is 0 Å². The number of nitrogens with two attached hydrogens (primary N) is 1. The normalized spacial score (nSPS) is 11.9. The Bertz CT molecular complexity index is 928. The van der Waals surface area contributed by atoms with Gasteiger partial charge in [-0.25, -0.2) is 9.37 Å². The number of nitrogen functional groups attached to an aromatic ring is 1. The van der Waals surface area contributed by atoms with Crippen molar-refractivity contribution in [2.45, 2.75) is 40.3 Å². The molecular formula is C16H19FN6O. The minimum atomic E-state index is -1.73. The van der Waals surface area contributed by atoms with Crippen LogP contribution in [0.4, 0.5) is 22.0 Å². The summed E-state index contributed by atoms with van der Waals surface area (Å²) < 4.78 is 19.7. The lowest BCUT2D eigenvalue weighted by atomic mass is 10.0. The second-order valence-corrected chi connectivity index (χ2v) is 6.22. The maximum absolute atomic E-state index is 14.2. The van der Waals surface area contributed by atoms with Crippen molar-refractivity contribution in [3.63, 3.8) is 0 Å². The number of alkyl halides is 1. The minimum Gasteiger partial charge on any atom is -0.441 e. The van der Waals surface area contributed by atoms with Crippen LogP contribution in [0.1, 0.15) is 36.4 Å². The third-order valence-corrected chi connectivity index (χ3v) is 4.07. The maximum Gasteiger partial charge on any atom is 0.232 e. The highest BCUT2D eigenvalue weighted by atomic mass is 19.1. The van der Waals surface area contributed by atoms with Gasteiger partial charge in [0, 0.05) is 0 Å². The second-order valence-electron chi connectivity index (χ2n) is 6.22. The molecule has 0 radical (unpaired) electrons. The first kappa shape index (κ1) is 16.1. The molecule has 0 aliphatic carbocycles. The molecule has 3 N–H and O–H groups in total. The molecule has 0 spiro atoms. The van der Waals surface area contributed by atoms with E-state index in [1.165, 1.54) is 20.2 Å². The lowest BCUT2D eigenvalue weighted by Crippen LogP contribution is -2.18. The molecule has 3 rings (SSSR count). The quantitative estimate of drug-likeness (QED) is 0.758. The Morgan fingerprint density at radius 1 is 1.08 bits per heavy atom. The van der Waals surface area contributed by atoms with E-state index < -0.39 is 5.67 Å². The Kier molecular flexibility index (Phi) is 3.62. The number of hydrogen-bond donors (Lipinski definition) is 2. The van der Waals surface area contributed by atoms with E-state index in [1.54, 1.807) is 0 Å². The number of nitrogens with zero attached hydrogens (tertiary/aromatic N) is 4. The second kappa shape index (κ2) is 5.40. The summed E-state index contributed by atoms with van der Waals surface area (Å²) in [7, 11) is 0. The van der Waals surface area contributed by atoms with Crippen molar-refractivity contribution in [3.05, 3.63) is 28.9 Å². The number of oxazole rings is 1. The molecule has 3 aromatic rings. The fraction of sp³-hybridized carbons (Fsp3) is 0.375. The summed E-state index contributed by atoms with van der Waals surface area (Å²) in [6.07, 6.45) is 1.39. The van der Waals surface area contributed by atoms with Crippen molar-refractivity contribution >= 4 is 28.7 Å². The Labute approximate surface area is 138 Å². The van der Waals surface area contributed by atoms with E-state index >= 15 is 0 Å². The largest absolute Gasteiger partial charge is 0.441 e. The summed E-state index contributed by atoms with van der Waals surface area (Å²) in [5, 5.41) is 3.08. The van der Waals surface area contributed by atoms with Gasteiger partial charge in [-0.2, -0.15) is 15.0 Å². The number of anilines is 3. The molecule has 0 saturated heterocycles. The monoisotopic (exact) mass is 330 g/mol. The van der Waals surface area contributed by atoms with Crippen molar-refractivity contribution in [1.29, 1.82) is 0 Å². The Balaban J connectivity index is 2.15. The van der Waals surface area contributed by atoms with E-state index in [-0.39, 0.29) is 17.7 Å². The van der Waals surface area contributed by atoms with Gasteiger partial charge in [-0.3, -0.25) is 0 Å². The SMILES string of the molecule is Cc1c(C)c(Nc2nc(N)nc(C(C)(C)F)n2)c2ocnc2c1C. The fourth-order valence-corrected chi connectivity index (χ4v) is 2.48. The van der Waals surface area contributed by atoms with Gasteiger partial charge in [-0.05, 0) is 51.3 Å². The third-order valence-electron chi connectivity index (χ3n) is 4.07. The standard InChI is InChI=1S/C16H19FN6O/c1-7-8(2)10-12(24-6-19-10)11(9(7)3)20-15-22-13(16(4,5)17)21-14(18)23-15/h6H,1-5H3,(H3,18,20,21,22,23). The average Bonchev–Trinajstić information content (AvgIpc) is 2.97. The van der Waals surface area contributed by atoms with Crippen LogP contribution in [0.25, 0.3) is 11.1 Å². The third kappa shape index (κ3) is 2.64. The molecule has 0 saturated carbocycles. The van der Waals surface area contributed by atoms with Gasteiger partial charge in [0.15, 0.2) is 23.5 Å². The molecule has 0 bridgehead atoms. The number of aryl methyl sites for hydroxylation is 1. The molecule has 0 aliphatic rings. The summed E-state index contributed by atoms with van der Waals surface area (Å²) in [5.41, 5.74) is 9.08. The lowest BCUT2D eigenvalue weighted by molar-refractivity contribution is 0.206. The predicted octanol–water partition coefficient (Wildman–Crippen LogP) is 3.47. The molecule has 0 aliphatic heterocycles. The summed E-state index contributed by atoms with van der Waals surface area (Å²) in [6, 6.07) is 0. The van der Waals surface area contributed by atoms with Crippen molar-refractivity contribution in [2.75, 3.05) is 11.1 Å². The number of aromatic nitrogens is 4. The Hall–Kier alpha value is -2.77. The molecule has 7 nitrogen and oxygen atoms in total. The van der Waals surface area contributed by atoms with Crippen LogP contribution in [0.2, 0.25) is 0 Å². The van der Waals surface area contributed by atoms with Crippen molar-refractivity contribution in [1.82, 2.24) is 19.9 Å². The zero-order valence-electron chi connectivity index (χ0n) is 14.2. The van der Waals surface area contributed by atoms with Crippen molar-refractivity contribution in [2.24, 2.45) is 0 Å². The van der Waals surface area contributed by atoms with E-state index in [0.29, 0.717) is 11.3 Å². The van der Waals surface area contributed by atoms with Crippen LogP contribution in [0, 0.1) is 20.8 Å². The van der Waals surface area contributed by atoms with Gasteiger partial charge in [-0.15, -0.1) is 0 Å². The first-order chi connectivity index (χ1) is 11.2. The molecule has 126 valence electrons. The molecule has 0 fully saturated rings. The van der Waals surface area contributed by atoms with E-state index in [9.17, 15) is 4.39 Å². The van der Waals surface area contributed by atoms with Crippen LogP contribution in [0.15, 0.2) is 10.8 Å². The predicted molar refractivity (Wildman–Crippen MR) is 89.9 cm³/mol. The highest BCUT2D eigenvalue weighted by Crippen LogP contribution is 2.34. The Morgan fingerprint density at radius 2 is 1.79 bits per heavy atom. The molecule has 2 heterocycles. The van der Waals surface area contributed by atoms with Gasteiger partial charge in [0.25, 0.3) is 0 Å². The number of rotatable bonds is 3. The molecule has 8 heteroatoms. The van der Waals surface area contributed by atoms with E-state index in [0.717, 1.165) is 22.2 Å². The van der Waals surface area contributed by atoms with Crippen LogP contribution < -0.4 is 11.1 Å². The maximum atomic E-state index is 14.2. The van der Waals surface area contributed by atoms with Gasteiger partial charge < -0.3 is 15.5 Å². The number of benzene rings is 1. The summed E-state index contributed by atoms with van der Waals surface area (Å²) >= 11 is 0. The van der Waals surface area contributed by atoms with Gasteiger partial charge in [-0.1, -0.05) is 0 Å². The fourth-order valence-electron chi connectivity index (χ4n) is 2.48. The van der Waals surface area contributed by atoms with Crippen LogP contribution in [-0.4, -0.2) is 19.9 Å². The van der Waals surface area contributed by atoms with Gasteiger partial charge in [0.1, 0.15) is 5.52 Å². The van der Waals surface area contributed by atoms with Gasteiger partial charge >= 0.3 is 0 Å². The molecule has 1 aromatic carbocycles. The van der Waals surface area contributed by atoms with Gasteiger partial charge in [0.2, 0.25) is 11.9 Å². The minimum absolute atomic E-state index is 0.0344. The summed E-state index contributed by atoms with van der Waals surface area (Å²) in [4.78, 5) is 16.3. The summed E-state index contributed by atoms with van der Waals surface area (Å²) in [6.45, 7) is 8.67. The average molecular weight is 330 g/mol. The molecule has 0 amide bonds. The molecule has 0 unspecified atom stereocenters. The van der Waals surface area contributed by atoms with Crippen molar-refractivity contribution < 1.29 is 8.81 Å². The first-order valence-corrected chi connectivity index (χ1v) is 7.49. The molecule has 2 aromatic heterocycles. The first-order valence-electron chi connectivity index (χ1n) is 7.49. The zero-order valence-corrected chi connectivity index (χ0v) is 14.2. The molecule has 24 heavy (non-hydrogen) atoms. The molecular weight excluding hydrogens is 311 g/mol.